The molecule has 1 aromatic heterocycles. The molecule has 0 unspecified atom stereocenters. The zero-order chi connectivity index (χ0) is 21.0. The Morgan fingerprint density at radius 3 is 2.59 bits per heavy atom. The first-order chi connectivity index (χ1) is 13.9. The number of aliphatic carboxylic acids is 1. The fourth-order valence-electron chi connectivity index (χ4n) is 3.20. The third-order valence-electron chi connectivity index (χ3n) is 4.48. The Morgan fingerprint density at radius 2 is 1.93 bits per heavy atom. The van der Waals surface area contributed by atoms with Gasteiger partial charge in [-0.15, -0.1) is 0 Å². The molecule has 3 aromatic rings. The van der Waals surface area contributed by atoms with E-state index in [9.17, 15) is 9.59 Å². The van der Waals surface area contributed by atoms with E-state index in [-0.39, 0.29) is 12.4 Å². The molecule has 29 heavy (non-hydrogen) atoms. The van der Waals surface area contributed by atoms with Crippen molar-refractivity contribution >= 4 is 40.5 Å². The summed E-state index contributed by atoms with van der Waals surface area (Å²) in [7, 11) is 1.52. The largest absolute Gasteiger partial charge is 0.496 e. The van der Waals surface area contributed by atoms with E-state index in [1.807, 2.05) is 13.0 Å². The van der Waals surface area contributed by atoms with E-state index >= 15 is 0 Å². The number of aromatic nitrogens is 1. The molecule has 0 aliphatic heterocycles. The maximum absolute atomic E-state index is 13.3. The minimum Gasteiger partial charge on any atom is -0.496 e. The first kappa shape index (κ1) is 20.4. The van der Waals surface area contributed by atoms with Crippen LogP contribution in [0.5, 0.6) is 5.75 Å². The first-order valence-corrected chi connectivity index (χ1v) is 9.16. The topological polar surface area (TPSA) is 101 Å². The average molecular weight is 415 g/mol. The van der Waals surface area contributed by atoms with E-state index in [1.165, 1.54) is 7.11 Å². The van der Waals surface area contributed by atoms with Crippen molar-refractivity contribution in [3.05, 3.63) is 63.8 Å². The van der Waals surface area contributed by atoms with Crippen LogP contribution in [-0.4, -0.2) is 41.8 Å². The quantitative estimate of drug-likeness (QED) is 0.251. The number of hydrogen-bond donors (Lipinski definition) is 2. The number of nitrogens with zero attached hydrogens (tertiary/aromatic N) is 1. The lowest BCUT2D eigenvalue weighted by molar-refractivity contribution is -0.129. The van der Waals surface area contributed by atoms with Gasteiger partial charge in [-0.25, -0.2) is 4.79 Å². The Hall–Kier alpha value is -3.32. The fourth-order valence-corrected chi connectivity index (χ4v) is 3.33. The zero-order valence-corrected chi connectivity index (χ0v) is 16.6. The number of carbonyl (C=O) groups excluding carboxylic acids is 1. The van der Waals surface area contributed by atoms with Crippen LogP contribution in [0, 0.1) is 6.92 Å². The Morgan fingerprint density at radius 1 is 1.21 bits per heavy atom. The van der Waals surface area contributed by atoms with Gasteiger partial charge >= 0.3 is 5.97 Å². The summed E-state index contributed by atoms with van der Waals surface area (Å²) >= 11 is 5.94. The summed E-state index contributed by atoms with van der Waals surface area (Å²) in [5.41, 5.74) is 3.49. The highest BCUT2D eigenvalue weighted by atomic mass is 35.5. The predicted octanol–water partition coefficient (Wildman–Crippen LogP) is 4.00. The summed E-state index contributed by atoms with van der Waals surface area (Å²) in [4.78, 5) is 32.1. The molecule has 0 spiro atoms. The number of fused-ring (bicyclic) bond motifs is 1. The number of carboxylic acid groups (broad SMARTS) is 1. The first-order valence-electron chi connectivity index (χ1n) is 8.79. The van der Waals surface area contributed by atoms with Crippen LogP contribution in [0.15, 0.2) is 41.6 Å². The van der Waals surface area contributed by atoms with Crippen LogP contribution < -0.4 is 4.74 Å². The fraction of sp³-hybridized carbons (Fsp3) is 0.190. The van der Waals surface area contributed by atoms with E-state index in [0.29, 0.717) is 34.5 Å². The number of aromatic amines is 1. The molecular formula is C21H19ClN2O5. The number of ketones is 1. The van der Waals surface area contributed by atoms with Crippen molar-refractivity contribution in [1.29, 1.82) is 0 Å². The third-order valence-corrected chi connectivity index (χ3v) is 4.73. The minimum atomic E-state index is -1.19. The molecule has 0 saturated heterocycles. The molecule has 150 valence electrons. The number of ether oxygens (including phenoxy) is 1. The van der Waals surface area contributed by atoms with Crippen molar-refractivity contribution in [2.45, 2.75) is 13.3 Å². The second-order valence-electron chi connectivity index (χ2n) is 6.29. The van der Waals surface area contributed by atoms with Gasteiger partial charge in [0.2, 0.25) is 0 Å². The molecule has 1 heterocycles. The standard InChI is InChI=1S/C21H19ClN2O5/c1-12-15(9-10-29-23-11-18(25)26)19-16(24-12)7-8-17(28-2)20(19)21(27)13-3-5-14(22)6-4-13/h3-8,11,24H,9-10H2,1-2H3,(H,25,26). The number of benzene rings is 2. The molecule has 2 aromatic carbocycles. The van der Waals surface area contributed by atoms with Gasteiger partial charge in [0.15, 0.2) is 12.0 Å². The lowest BCUT2D eigenvalue weighted by Gasteiger charge is -2.11. The van der Waals surface area contributed by atoms with Crippen molar-refractivity contribution < 1.29 is 24.3 Å². The number of methoxy groups -OCH3 is 1. The average Bonchev–Trinajstić information content (AvgIpc) is 3.02. The number of hydrogen-bond acceptors (Lipinski definition) is 5. The summed E-state index contributed by atoms with van der Waals surface area (Å²) in [5, 5.41) is 13.2. The lowest BCUT2D eigenvalue weighted by Crippen LogP contribution is -2.06. The second-order valence-corrected chi connectivity index (χ2v) is 6.72. The van der Waals surface area contributed by atoms with Gasteiger partial charge in [-0.2, -0.15) is 0 Å². The third kappa shape index (κ3) is 4.41. The van der Waals surface area contributed by atoms with Crippen molar-refractivity contribution in [2.75, 3.05) is 13.7 Å². The van der Waals surface area contributed by atoms with E-state index in [4.69, 9.17) is 26.3 Å². The van der Waals surface area contributed by atoms with E-state index < -0.39 is 5.97 Å². The van der Waals surface area contributed by atoms with Crippen LogP contribution in [0.4, 0.5) is 0 Å². The van der Waals surface area contributed by atoms with Gasteiger partial charge < -0.3 is 19.7 Å². The Kier molecular flexibility index (Phi) is 6.19. The maximum atomic E-state index is 13.3. The minimum absolute atomic E-state index is 0.156. The number of oxime groups is 1. The molecular weight excluding hydrogens is 396 g/mol. The summed E-state index contributed by atoms with van der Waals surface area (Å²) in [6, 6.07) is 10.3. The van der Waals surface area contributed by atoms with Gasteiger partial charge in [-0.05, 0) is 48.9 Å². The molecule has 0 amide bonds. The van der Waals surface area contributed by atoms with Crippen molar-refractivity contribution in [1.82, 2.24) is 4.98 Å². The molecule has 0 bridgehead atoms. The number of rotatable bonds is 8. The lowest BCUT2D eigenvalue weighted by atomic mass is 9.95. The van der Waals surface area contributed by atoms with Gasteiger partial charge in [0.25, 0.3) is 0 Å². The smallest absolute Gasteiger partial charge is 0.350 e. The highest BCUT2D eigenvalue weighted by molar-refractivity contribution is 6.30. The van der Waals surface area contributed by atoms with Gasteiger partial charge in [0, 0.05) is 33.6 Å². The Bertz CT molecular complexity index is 1090. The van der Waals surface area contributed by atoms with Crippen LogP contribution in [0.3, 0.4) is 0 Å². The molecule has 0 fully saturated rings. The van der Waals surface area contributed by atoms with Gasteiger partial charge in [-0.1, -0.05) is 16.8 Å². The van der Waals surface area contributed by atoms with Crippen LogP contribution in [0.1, 0.15) is 27.2 Å². The van der Waals surface area contributed by atoms with Crippen LogP contribution >= 0.6 is 11.6 Å². The number of aryl methyl sites for hydroxylation is 1. The zero-order valence-electron chi connectivity index (χ0n) is 15.9. The molecule has 0 saturated carbocycles. The number of carbonyl (C=O) groups is 2. The van der Waals surface area contributed by atoms with Crippen molar-refractivity contribution in [3.8, 4) is 5.75 Å². The van der Waals surface area contributed by atoms with Gasteiger partial charge in [-0.3, -0.25) is 4.79 Å². The molecule has 0 aliphatic carbocycles. The van der Waals surface area contributed by atoms with Crippen LogP contribution in [-0.2, 0) is 16.1 Å². The molecule has 0 radical (unpaired) electrons. The summed E-state index contributed by atoms with van der Waals surface area (Å²) in [6.45, 7) is 2.06. The molecule has 7 nitrogen and oxygen atoms in total. The van der Waals surface area contributed by atoms with E-state index in [2.05, 4.69) is 10.1 Å². The number of nitrogens with one attached hydrogen (secondary N) is 1. The van der Waals surface area contributed by atoms with Gasteiger partial charge in [0.1, 0.15) is 12.4 Å². The highest BCUT2D eigenvalue weighted by Crippen LogP contribution is 2.34. The van der Waals surface area contributed by atoms with Crippen molar-refractivity contribution in [2.24, 2.45) is 5.16 Å². The molecule has 0 atom stereocenters. The SMILES string of the molecule is COc1ccc2[nH]c(C)c(CCON=CC(=O)O)c2c1C(=O)c1ccc(Cl)cc1. The van der Waals surface area contributed by atoms with Crippen molar-refractivity contribution in [3.63, 3.8) is 0 Å². The number of carboxylic acids is 1. The van der Waals surface area contributed by atoms with Crippen LogP contribution in [0.2, 0.25) is 5.02 Å². The highest BCUT2D eigenvalue weighted by Gasteiger charge is 2.22. The number of H-pyrrole nitrogens is 1. The van der Waals surface area contributed by atoms with Gasteiger partial charge in [0.05, 0.1) is 12.7 Å². The molecule has 0 aliphatic rings. The second kappa shape index (κ2) is 8.79. The predicted molar refractivity (Wildman–Crippen MR) is 110 cm³/mol. The van der Waals surface area contributed by atoms with E-state index in [1.54, 1.807) is 30.3 Å². The Balaban J connectivity index is 2.04. The monoisotopic (exact) mass is 414 g/mol. The molecule has 8 heteroatoms. The maximum Gasteiger partial charge on any atom is 0.350 e. The summed E-state index contributed by atoms with van der Waals surface area (Å²) in [5.74, 6) is -0.912. The molecule has 2 N–H and O–H groups in total. The number of halogens is 1. The normalized spacial score (nSPS) is 11.1. The summed E-state index contributed by atoms with van der Waals surface area (Å²) < 4.78 is 5.47. The van der Waals surface area contributed by atoms with E-state index in [0.717, 1.165) is 22.2 Å². The van der Waals surface area contributed by atoms with Crippen LogP contribution in [0.25, 0.3) is 10.9 Å². The Labute approximate surface area is 171 Å². The summed E-state index contributed by atoms with van der Waals surface area (Å²) in [6.07, 6.45) is 1.11. The molecule has 3 rings (SSSR count).